The third-order valence-corrected chi connectivity index (χ3v) is 4.41. The summed E-state index contributed by atoms with van der Waals surface area (Å²) in [5.41, 5.74) is 5.67. The molecule has 0 spiro atoms. The molecule has 0 amide bonds. The maximum absolute atomic E-state index is 12.3. The Bertz CT molecular complexity index is 758. The van der Waals surface area contributed by atoms with Crippen LogP contribution in [0.5, 0.6) is 0 Å². The van der Waals surface area contributed by atoms with E-state index in [1.165, 1.54) is 0 Å². The van der Waals surface area contributed by atoms with Crippen molar-refractivity contribution >= 4 is 11.5 Å². The van der Waals surface area contributed by atoms with Gasteiger partial charge in [-0.2, -0.15) is 0 Å². The maximum Gasteiger partial charge on any atom is 0.327 e. The first-order valence-corrected chi connectivity index (χ1v) is 7.78. The van der Waals surface area contributed by atoms with Gasteiger partial charge in [0.15, 0.2) is 6.29 Å². The summed E-state index contributed by atoms with van der Waals surface area (Å²) in [7, 11) is 1.87. The van der Waals surface area contributed by atoms with Crippen LogP contribution in [0.4, 0.5) is 11.5 Å². The molecular weight excluding hydrogens is 296 g/mol. The fourth-order valence-corrected chi connectivity index (χ4v) is 3.45. The van der Waals surface area contributed by atoms with Crippen LogP contribution in [0.25, 0.3) is 0 Å². The Labute approximate surface area is 134 Å². The average molecular weight is 318 g/mol. The van der Waals surface area contributed by atoms with Crippen LogP contribution in [0.15, 0.2) is 9.59 Å². The number of rotatable bonds is 2. The van der Waals surface area contributed by atoms with Crippen molar-refractivity contribution in [3.05, 3.63) is 20.8 Å². The SMILES string of the molecule is CC#CCN1c2c([nH]c(=O)[nH]c2=O)N(C)[C@@H]1N1CCC[C@@H](N)C1. The van der Waals surface area contributed by atoms with Gasteiger partial charge in [0.05, 0.1) is 6.54 Å². The molecule has 0 radical (unpaired) electrons. The zero-order valence-electron chi connectivity index (χ0n) is 13.4. The molecule has 4 N–H and O–H groups in total. The molecule has 0 unspecified atom stereocenters. The molecule has 1 aromatic rings. The predicted molar refractivity (Wildman–Crippen MR) is 89.5 cm³/mol. The quantitative estimate of drug-likeness (QED) is 0.608. The van der Waals surface area contributed by atoms with Crippen LogP contribution in [0.1, 0.15) is 19.8 Å². The number of fused-ring (bicyclic) bond motifs is 1. The van der Waals surface area contributed by atoms with Gasteiger partial charge in [0.25, 0.3) is 5.56 Å². The Morgan fingerprint density at radius 3 is 2.83 bits per heavy atom. The van der Waals surface area contributed by atoms with E-state index in [2.05, 4.69) is 26.7 Å². The van der Waals surface area contributed by atoms with E-state index in [9.17, 15) is 9.59 Å². The number of piperidine rings is 1. The molecule has 0 bridgehead atoms. The molecule has 8 nitrogen and oxygen atoms in total. The van der Waals surface area contributed by atoms with Gasteiger partial charge in [-0.3, -0.25) is 19.7 Å². The smallest absolute Gasteiger partial charge is 0.327 e. The summed E-state index contributed by atoms with van der Waals surface area (Å²) in [5, 5.41) is 0. The average Bonchev–Trinajstić information content (AvgIpc) is 2.78. The van der Waals surface area contributed by atoms with Crippen molar-refractivity contribution in [2.24, 2.45) is 5.73 Å². The molecule has 0 aliphatic carbocycles. The number of aromatic nitrogens is 2. The van der Waals surface area contributed by atoms with Crippen molar-refractivity contribution in [1.82, 2.24) is 14.9 Å². The normalized spacial score (nSPS) is 24.3. The van der Waals surface area contributed by atoms with Gasteiger partial charge in [0.1, 0.15) is 11.5 Å². The summed E-state index contributed by atoms with van der Waals surface area (Å²) in [6.45, 7) is 3.83. The van der Waals surface area contributed by atoms with Crippen LogP contribution in [-0.2, 0) is 0 Å². The molecule has 0 saturated carbocycles. The van der Waals surface area contributed by atoms with Crippen LogP contribution in [-0.4, -0.2) is 53.9 Å². The highest BCUT2D eigenvalue weighted by atomic mass is 16.2. The summed E-state index contributed by atoms with van der Waals surface area (Å²) < 4.78 is 0. The van der Waals surface area contributed by atoms with Crippen LogP contribution in [0.3, 0.4) is 0 Å². The minimum Gasteiger partial charge on any atom is -0.327 e. The third kappa shape index (κ3) is 2.73. The van der Waals surface area contributed by atoms with Gasteiger partial charge in [-0.15, -0.1) is 5.92 Å². The zero-order chi connectivity index (χ0) is 16.6. The molecule has 2 aliphatic heterocycles. The van der Waals surface area contributed by atoms with Crippen molar-refractivity contribution in [3.63, 3.8) is 0 Å². The van der Waals surface area contributed by atoms with Gasteiger partial charge in [-0.25, -0.2) is 4.79 Å². The highest BCUT2D eigenvalue weighted by Crippen LogP contribution is 2.34. The van der Waals surface area contributed by atoms with Crippen molar-refractivity contribution in [2.45, 2.75) is 32.1 Å². The van der Waals surface area contributed by atoms with Gasteiger partial charge in [0.2, 0.25) is 0 Å². The molecule has 1 aromatic heterocycles. The molecule has 3 rings (SSSR count). The molecule has 23 heavy (non-hydrogen) atoms. The lowest BCUT2D eigenvalue weighted by Gasteiger charge is -2.42. The Hall–Kier alpha value is -2.24. The van der Waals surface area contributed by atoms with Gasteiger partial charge in [-0.05, 0) is 19.8 Å². The number of aromatic amines is 2. The number of anilines is 2. The van der Waals surface area contributed by atoms with E-state index in [4.69, 9.17) is 5.73 Å². The van der Waals surface area contributed by atoms with E-state index in [0.717, 1.165) is 25.9 Å². The standard InChI is InChI=1S/C15H22N6O2/c1-3-4-8-21-11-12(17-14(23)18-13(11)22)19(2)15(21)20-7-5-6-10(16)9-20/h10,15H,5-9,16H2,1-2H3,(H2,17,18,22,23)/t10-,15-/m1/s1. The molecule has 1 fully saturated rings. The number of nitrogens with zero attached hydrogens (tertiary/aromatic N) is 3. The van der Waals surface area contributed by atoms with Crippen LogP contribution >= 0.6 is 0 Å². The van der Waals surface area contributed by atoms with E-state index in [1.54, 1.807) is 6.92 Å². The van der Waals surface area contributed by atoms with Gasteiger partial charge < -0.3 is 15.5 Å². The highest BCUT2D eigenvalue weighted by molar-refractivity contribution is 5.72. The molecule has 3 heterocycles. The van der Waals surface area contributed by atoms with E-state index in [1.807, 2.05) is 16.8 Å². The summed E-state index contributed by atoms with van der Waals surface area (Å²) in [5.74, 6) is 6.41. The lowest BCUT2D eigenvalue weighted by molar-refractivity contribution is 0.150. The minimum atomic E-state index is -0.502. The molecule has 0 aromatic carbocycles. The first kappa shape index (κ1) is 15.6. The van der Waals surface area contributed by atoms with Crippen molar-refractivity contribution in [2.75, 3.05) is 36.5 Å². The highest BCUT2D eigenvalue weighted by Gasteiger charge is 2.41. The zero-order valence-corrected chi connectivity index (χ0v) is 13.4. The lowest BCUT2D eigenvalue weighted by atomic mass is 10.1. The topological polar surface area (TPSA) is 101 Å². The van der Waals surface area contributed by atoms with Gasteiger partial charge in [-0.1, -0.05) is 5.92 Å². The molecule has 2 aliphatic rings. The molecule has 2 atom stereocenters. The summed E-state index contributed by atoms with van der Waals surface area (Å²) in [6.07, 6.45) is 1.85. The Morgan fingerprint density at radius 1 is 1.35 bits per heavy atom. The molecule has 1 saturated heterocycles. The molecule has 8 heteroatoms. The second kappa shape index (κ2) is 6.10. The largest absolute Gasteiger partial charge is 0.327 e. The number of likely N-dealkylation sites (tertiary alicyclic amines) is 1. The van der Waals surface area contributed by atoms with E-state index < -0.39 is 11.2 Å². The second-order valence-electron chi connectivity index (χ2n) is 6.01. The second-order valence-corrected chi connectivity index (χ2v) is 6.01. The Balaban J connectivity index is 2.04. The maximum atomic E-state index is 12.3. The van der Waals surface area contributed by atoms with Gasteiger partial charge in [0, 0.05) is 26.2 Å². The Kier molecular flexibility index (Phi) is 4.15. The van der Waals surface area contributed by atoms with Crippen LogP contribution < -0.4 is 26.8 Å². The summed E-state index contributed by atoms with van der Waals surface area (Å²) in [4.78, 5) is 35.1. The predicted octanol–water partition coefficient (Wildman–Crippen LogP) is -0.951. The number of hydrogen-bond acceptors (Lipinski definition) is 6. The van der Waals surface area contributed by atoms with Gasteiger partial charge >= 0.3 is 5.69 Å². The third-order valence-electron chi connectivity index (χ3n) is 4.41. The monoisotopic (exact) mass is 318 g/mol. The fourth-order valence-electron chi connectivity index (χ4n) is 3.45. The van der Waals surface area contributed by atoms with Crippen LogP contribution in [0, 0.1) is 11.8 Å². The lowest BCUT2D eigenvalue weighted by Crippen LogP contribution is -2.59. The van der Waals surface area contributed by atoms with E-state index in [0.29, 0.717) is 18.1 Å². The first-order chi connectivity index (χ1) is 11.0. The van der Waals surface area contributed by atoms with Crippen molar-refractivity contribution in [1.29, 1.82) is 0 Å². The number of hydrogen-bond donors (Lipinski definition) is 3. The molecular formula is C15H22N6O2. The van der Waals surface area contributed by atoms with E-state index in [-0.39, 0.29) is 12.3 Å². The number of nitrogens with two attached hydrogens (primary N) is 1. The fraction of sp³-hybridized carbons (Fsp3) is 0.600. The minimum absolute atomic E-state index is 0.123. The number of H-pyrrole nitrogens is 2. The van der Waals surface area contributed by atoms with Crippen molar-refractivity contribution < 1.29 is 0 Å². The number of nitrogens with one attached hydrogen (secondary N) is 2. The molecule has 124 valence electrons. The van der Waals surface area contributed by atoms with E-state index >= 15 is 0 Å². The summed E-state index contributed by atoms with van der Waals surface area (Å²) in [6, 6.07) is 0.123. The summed E-state index contributed by atoms with van der Waals surface area (Å²) >= 11 is 0. The van der Waals surface area contributed by atoms with Crippen molar-refractivity contribution in [3.8, 4) is 11.8 Å². The first-order valence-electron chi connectivity index (χ1n) is 7.78. The van der Waals surface area contributed by atoms with Crippen LogP contribution in [0.2, 0.25) is 0 Å². The Morgan fingerprint density at radius 2 is 2.13 bits per heavy atom.